The Bertz CT molecular complexity index is 1470. The Morgan fingerprint density at radius 2 is 1.64 bits per heavy atom. The summed E-state index contributed by atoms with van der Waals surface area (Å²) in [6.45, 7) is 1.91. The molecule has 6 rings (SSSR count). The second-order valence-corrected chi connectivity index (χ2v) is 8.61. The van der Waals surface area contributed by atoms with Crippen LogP contribution < -0.4 is 10.2 Å². The molecule has 0 radical (unpaired) electrons. The van der Waals surface area contributed by atoms with Crippen LogP contribution in [0.3, 0.4) is 0 Å². The maximum atomic E-state index is 12.8. The highest BCUT2D eigenvalue weighted by atomic mass is 16.3. The molecule has 162 valence electrons. The number of nitrogens with zero attached hydrogens (tertiary/aromatic N) is 1. The number of nitrogens with one attached hydrogen (secondary N) is 1. The quantitative estimate of drug-likeness (QED) is 0.340. The summed E-state index contributed by atoms with van der Waals surface area (Å²) in [6.07, 6.45) is 2.32. The second-order valence-electron chi connectivity index (χ2n) is 8.61. The highest BCUT2D eigenvalue weighted by Gasteiger charge is 2.16. The summed E-state index contributed by atoms with van der Waals surface area (Å²) >= 11 is 0. The maximum Gasteiger partial charge on any atom is 0.255 e. The lowest BCUT2D eigenvalue weighted by molar-refractivity contribution is 0.102. The highest BCUT2D eigenvalue weighted by Crippen LogP contribution is 2.31. The topological polar surface area (TPSA) is 45.5 Å². The van der Waals surface area contributed by atoms with Crippen molar-refractivity contribution in [2.24, 2.45) is 0 Å². The standard InChI is InChI=1S/C29H24N2O2/c32-29(30-23-15-16-25-24-8-2-4-10-27(24)33-28(25)18-23)22-13-11-20(12-14-22)19-31-17-5-7-21-6-1-3-9-26(21)31/h1-4,6,8-16,18H,5,7,17,19H2,(H,30,32). The SMILES string of the molecule is O=C(Nc1ccc2c(c1)oc1ccccc12)c1ccc(CN2CCCc3ccccc32)cc1. The monoisotopic (exact) mass is 432 g/mol. The van der Waals surface area contributed by atoms with Gasteiger partial charge in [-0.15, -0.1) is 0 Å². The number of furan rings is 1. The number of hydrogen-bond acceptors (Lipinski definition) is 3. The first kappa shape index (κ1) is 19.6. The van der Waals surface area contributed by atoms with Crippen LogP contribution in [-0.2, 0) is 13.0 Å². The summed E-state index contributed by atoms with van der Waals surface area (Å²) < 4.78 is 5.94. The molecule has 2 heterocycles. The molecule has 0 saturated heterocycles. The number of rotatable bonds is 4. The number of benzene rings is 4. The molecule has 33 heavy (non-hydrogen) atoms. The minimum absolute atomic E-state index is 0.125. The molecule has 0 fully saturated rings. The summed E-state index contributed by atoms with van der Waals surface area (Å²) in [5, 5.41) is 5.13. The van der Waals surface area contributed by atoms with Gasteiger partial charge < -0.3 is 14.6 Å². The van der Waals surface area contributed by atoms with E-state index in [4.69, 9.17) is 4.42 Å². The van der Waals surface area contributed by atoms with E-state index in [2.05, 4.69) is 46.6 Å². The molecular weight excluding hydrogens is 408 g/mol. The van der Waals surface area contributed by atoms with E-state index in [1.165, 1.54) is 23.2 Å². The Labute approximate surface area is 192 Å². The molecule has 0 aliphatic carbocycles. The van der Waals surface area contributed by atoms with Gasteiger partial charge in [-0.2, -0.15) is 0 Å². The number of para-hydroxylation sites is 2. The number of hydrogen-bond donors (Lipinski definition) is 1. The third-order valence-corrected chi connectivity index (χ3v) is 6.43. The van der Waals surface area contributed by atoms with E-state index in [0.717, 1.165) is 47.1 Å². The smallest absolute Gasteiger partial charge is 0.255 e. The lowest BCUT2D eigenvalue weighted by Gasteiger charge is -2.31. The Hall–Kier alpha value is -4.05. The highest BCUT2D eigenvalue weighted by molar-refractivity contribution is 6.08. The molecule has 0 bridgehead atoms. The molecule has 1 amide bonds. The molecule has 1 aliphatic rings. The Morgan fingerprint density at radius 3 is 2.55 bits per heavy atom. The second kappa shape index (κ2) is 8.14. The van der Waals surface area contributed by atoms with Gasteiger partial charge in [0.1, 0.15) is 11.2 Å². The molecule has 1 aromatic heterocycles. The van der Waals surface area contributed by atoms with Gasteiger partial charge in [-0.1, -0.05) is 48.5 Å². The Balaban J connectivity index is 1.17. The van der Waals surface area contributed by atoms with E-state index in [9.17, 15) is 4.79 Å². The van der Waals surface area contributed by atoms with Crippen LogP contribution in [-0.4, -0.2) is 12.5 Å². The van der Waals surface area contributed by atoms with Crippen molar-refractivity contribution >= 4 is 39.2 Å². The van der Waals surface area contributed by atoms with E-state index < -0.39 is 0 Å². The van der Waals surface area contributed by atoms with Crippen molar-refractivity contribution in [2.45, 2.75) is 19.4 Å². The van der Waals surface area contributed by atoms with Crippen molar-refractivity contribution in [1.82, 2.24) is 0 Å². The van der Waals surface area contributed by atoms with Gasteiger partial charge in [-0.3, -0.25) is 4.79 Å². The number of anilines is 2. The Morgan fingerprint density at radius 1 is 0.848 bits per heavy atom. The van der Waals surface area contributed by atoms with Crippen LogP contribution in [0.4, 0.5) is 11.4 Å². The normalized spacial score (nSPS) is 13.3. The zero-order valence-corrected chi connectivity index (χ0v) is 18.3. The van der Waals surface area contributed by atoms with Gasteiger partial charge in [0.05, 0.1) is 0 Å². The predicted octanol–water partition coefficient (Wildman–Crippen LogP) is 6.79. The van der Waals surface area contributed by atoms with E-state index in [0.29, 0.717) is 5.56 Å². The van der Waals surface area contributed by atoms with E-state index >= 15 is 0 Å². The molecule has 1 aliphatic heterocycles. The van der Waals surface area contributed by atoms with Crippen molar-refractivity contribution < 1.29 is 9.21 Å². The predicted molar refractivity (Wildman–Crippen MR) is 134 cm³/mol. The van der Waals surface area contributed by atoms with Gasteiger partial charge in [0, 0.05) is 46.9 Å². The average molecular weight is 433 g/mol. The van der Waals surface area contributed by atoms with E-state index in [-0.39, 0.29) is 5.91 Å². The van der Waals surface area contributed by atoms with Crippen LogP contribution in [0.2, 0.25) is 0 Å². The van der Waals surface area contributed by atoms with Gasteiger partial charge in [-0.05, 0) is 60.4 Å². The molecular formula is C29H24N2O2. The minimum Gasteiger partial charge on any atom is -0.456 e. The molecule has 0 unspecified atom stereocenters. The number of aryl methyl sites for hydroxylation is 1. The molecule has 0 spiro atoms. The summed E-state index contributed by atoms with van der Waals surface area (Å²) in [7, 11) is 0. The van der Waals surface area contributed by atoms with Crippen LogP contribution in [0.1, 0.15) is 27.9 Å². The first-order chi connectivity index (χ1) is 16.2. The lowest BCUT2D eigenvalue weighted by atomic mass is 10.0. The van der Waals surface area contributed by atoms with Crippen LogP contribution in [0.25, 0.3) is 21.9 Å². The number of fused-ring (bicyclic) bond motifs is 4. The number of carbonyl (C=O) groups is 1. The van der Waals surface area contributed by atoms with Gasteiger partial charge in [0.25, 0.3) is 5.91 Å². The lowest BCUT2D eigenvalue weighted by Crippen LogP contribution is -2.28. The van der Waals surface area contributed by atoms with Crippen LogP contribution in [0.15, 0.2) is 95.4 Å². The molecule has 5 aromatic rings. The van der Waals surface area contributed by atoms with Gasteiger partial charge in [0.2, 0.25) is 0 Å². The Kier molecular flexibility index (Phi) is 4.84. The van der Waals surface area contributed by atoms with Crippen molar-refractivity contribution in [3.63, 3.8) is 0 Å². The van der Waals surface area contributed by atoms with Crippen LogP contribution >= 0.6 is 0 Å². The van der Waals surface area contributed by atoms with Gasteiger partial charge in [-0.25, -0.2) is 0 Å². The van der Waals surface area contributed by atoms with Gasteiger partial charge >= 0.3 is 0 Å². The summed E-state index contributed by atoms with van der Waals surface area (Å²) in [6, 6.07) is 30.3. The van der Waals surface area contributed by atoms with Gasteiger partial charge in [0.15, 0.2) is 0 Å². The summed E-state index contributed by atoms with van der Waals surface area (Å²) in [5.74, 6) is -0.125. The molecule has 4 aromatic carbocycles. The number of amides is 1. The van der Waals surface area contributed by atoms with Crippen molar-refractivity contribution in [3.8, 4) is 0 Å². The molecule has 4 nitrogen and oxygen atoms in total. The fourth-order valence-corrected chi connectivity index (χ4v) is 4.76. The van der Waals surface area contributed by atoms with Crippen LogP contribution in [0.5, 0.6) is 0 Å². The summed E-state index contributed by atoms with van der Waals surface area (Å²) in [5.41, 5.74) is 6.93. The molecule has 1 N–H and O–H groups in total. The third kappa shape index (κ3) is 3.74. The zero-order valence-electron chi connectivity index (χ0n) is 18.3. The fraction of sp³-hybridized carbons (Fsp3) is 0.138. The maximum absolute atomic E-state index is 12.8. The average Bonchev–Trinajstić information content (AvgIpc) is 3.22. The van der Waals surface area contributed by atoms with Crippen LogP contribution in [0, 0.1) is 0 Å². The minimum atomic E-state index is -0.125. The first-order valence-electron chi connectivity index (χ1n) is 11.4. The number of carbonyl (C=O) groups excluding carboxylic acids is 1. The summed E-state index contributed by atoms with van der Waals surface area (Å²) in [4.78, 5) is 15.3. The molecule has 0 atom stereocenters. The van der Waals surface area contributed by atoms with E-state index in [1.807, 2.05) is 54.6 Å². The first-order valence-corrected chi connectivity index (χ1v) is 11.4. The van der Waals surface area contributed by atoms with Crippen molar-refractivity contribution in [1.29, 1.82) is 0 Å². The zero-order chi connectivity index (χ0) is 22.2. The van der Waals surface area contributed by atoms with Crippen molar-refractivity contribution in [2.75, 3.05) is 16.8 Å². The molecule has 4 heteroatoms. The fourth-order valence-electron chi connectivity index (χ4n) is 4.76. The van der Waals surface area contributed by atoms with E-state index in [1.54, 1.807) is 0 Å². The third-order valence-electron chi connectivity index (χ3n) is 6.43. The van der Waals surface area contributed by atoms with Crippen molar-refractivity contribution in [3.05, 3.63) is 108 Å². The molecule has 0 saturated carbocycles. The largest absolute Gasteiger partial charge is 0.456 e.